The molecule has 0 saturated heterocycles. The van der Waals surface area contributed by atoms with Crippen molar-refractivity contribution in [2.45, 2.75) is 38.4 Å². The first-order valence-corrected chi connectivity index (χ1v) is 5.04. The van der Waals surface area contributed by atoms with Crippen LogP contribution in [0.15, 0.2) is 6.33 Å². The molecule has 1 N–H and O–H groups in total. The molecule has 1 rings (SSSR count). The molecule has 1 aromatic rings. The second kappa shape index (κ2) is 5.65. The van der Waals surface area contributed by atoms with E-state index in [-0.39, 0.29) is 18.7 Å². The van der Waals surface area contributed by atoms with E-state index in [1.807, 2.05) is 0 Å². The number of aromatic nitrogens is 3. The highest BCUT2D eigenvalue weighted by Crippen LogP contribution is 2.21. The fourth-order valence-corrected chi connectivity index (χ4v) is 1.31. The van der Waals surface area contributed by atoms with Gasteiger partial charge in [-0.05, 0) is 6.42 Å². The lowest BCUT2D eigenvalue weighted by molar-refractivity contribution is -0.137. The van der Waals surface area contributed by atoms with Crippen molar-refractivity contribution in [3.05, 3.63) is 12.2 Å². The van der Waals surface area contributed by atoms with E-state index in [2.05, 4.69) is 10.2 Å². The fraction of sp³-hybridized carbons (Fsp3) is 0.667. The molecule has 0 aromatic carbocycles. The van der Waals surface area contributed by atoms with Crippen molar-refractivity contribution in [3.8, 4) is 0 Å². The summed E-state index contributed by atoms with van der Waals surface area (Å²) in [5.74, 6) is -0.706. The van der Waals surface area contributed by atoms with Crippen LogP contribution in [-0.2, 0) is 17.8 Å². The predicted octanol–water partition coefficient (Wildman–Crippen LogP) is 1.64. The summed E-state index contributed by atoms with van der Waals surface area (Å²) >= 11 is 0. The van der Waals surface area contributed by atoms with E-state index >= 15 is 0 Å². The molecule has 0 bridgehead atoms. The normalized spacial score (nSPS) is 11.7. The minimum absolute atomic E-state index is 0.0309. The lowest BCUT2D eigenvalue weighted by atomic mass is 10.2. The van der Waals surface area contributed by atoms with Crippen molar-refractivity contribution in [2.24, 2.45) is 0 Å². The Bertz CT molecular complexity index is 376. The molecule has 0 aliphatic heterocycles. The van der Waals surface area contributed by atoms with E-state index in [1.54, 1.807) is 0 Å². The van der Waals surface area contributed by atoms with Gasteiger partial charge in [0.05, 0.1) is 6.42 Å². The van der Waals surface area contributed by atoms with Crippen LogP contribution in [0.25, 0.3) is 0 Å². The summed E-state index contributed by atoms with van der Waals surface area (Å²) in [6.07, 6.45) is -3.80. The Kier molecular flexibility index (Phi) is 4.47. The molecule has 0 aliphatic rings. The Balaban J connectivity index is 2.45. The molecular formula is C9H12F3N3O2. The van der Waals surface area contributed by atoms with Gasteiger partial charge in [-0.25, -0.2) is 0 Å². The van der Waals surface area contributed by atoms with Crippen molar-refractivity contribution in [1.82, 2.24) is 14.8 Å². The topological polar surface area (TPSA) is 68.0 Å². The summed E-state index contributed by atoms with van der Waals surface area (Å²) in [4.78, 5) is 10.3. The summed E-state index contributed by atoms with van der Waals surface area (Å²) in [5, 5.41) is 15.5. The molecule has 0 aliphatic carbocycles. The first-order valence-electron chi connectivity index (χ1n) is 5.04. The Labute approximate surface area is 95.3 Å². The molecule has 96 valence electrons. The van der Waals surface area contributed by atoms with Crippen molar-refractivity contribution in [2.75, 3.05) is 0 Å². The zero-order valence-corrected chi connectivity index (χ0v) is 8.94. The van der Waals surface area contributed by atoms with Crippen LogP contribution < -0.4 is 0 Å². The quantitative estimate of drug-likeness (QED) is 0.834. The Morgan fingerprint density at radius 2 is 2.18 bits per heavy atom. The molecule has 0 radical (unpaired) electrons. The van der Waals surface area contributed by atoms with E-state index in [0.717, 1.165) is 0 Å². The second-order valence-electron chi connectivity index (χ2n) is 3.55. The van der Waals surface area contributed by atoms with Crippen LogP contribution in [0.3, 0.4) is 0 Å². The first kappa shape index (κ1) is 13.5. The number of alkyl halides is 3. The van der Waals surface area contributed by atoms with Gasteiger partial charge in [-0.1, -0.05) is 0 Å². The highest BCUT2D eigenvalue weighted by molar-refractivity contribution is 5.66. The Morgan fingerprint density at radius 1 is 1.47 bits per heavy atom. The third-order valence-corrected chi connectivity index (χ3v) is 2.12. The molecular weight excluding hydrogens is 239 g/mol. The number of rotatable bonds is 6. The molecule has 5 nitrogen and oxygen atoms in total. The van der Waals surface area contributed by atoms with Gasteiger partial charge in [0, 0.05) is 19.4 Å². The minimum atomic E-state index is -4.22. The van der Waals surface area contributed by atoms with Gasteiger partial charge in [0.2, 0.25) is 0 Å². The van der Waals surface area contributed by atoms with Crippen LogP contribution in [0.4, 0.5) is 13.2 Å². The van der Waals surface area contributed by atoms with Crippen LogP contribution in [0.5, 0.6) is 0 Å². The van der Waals surface area contributed by atoms with Gasteiger partial charge in [-0.15, -0.1) is 10.2 Å². The third kappa shape index (κ3) is 5.32. The van der Waals surface area contributed by atoms with Crippen LogP contribution in [0.1, 0.15) is 25.1 Å². The standard InChI is InChI=1S/C9H12F3N3O2/c10-9(11,12)4-3-7-14-13-6-15(7)5-1-2-8(16)17/h6H,1-5H2,(H,16,17). The highest BCUT2D eigenvalue weighted by atomic mass is 19.4. The molecule has 0 fully saturated rings. The number of nitrogens with zero attached hydrogens (tertiary/aromatic N) is 3. The van der Waals surface area contributed by atoms with E-state index in [4.69, 9.17) is 5.11 Å². The molecule has 17 heavy (non-hydrogen) atoms. The monoisotopic (exact) mass is 251 g/mol. The Morgan fingerprint density at radius 3 is 2.76 bits per heavy atom. The maximum atomic E-state index is 12.0. The third-order valence-electron chi connectivity index (χ3n) is 2.12. The summed E-state index contributed by atoms with van der Waals surface area (Å²) in [7, 11) is 0. The lowest BCUT2D eigenvalue weighted by Gasteiger charge is -2.07. The van der Waals surface area contributed by atoms with Gasteiger partial charge in [0.15, 0.2) is 0 Å². The van der Waals surface area contributed by atoms with Crippen molar-refractivity contribution in [3.63, 3.8) is 0 Å². The van der Waals surface area contributed by atoms with Crippen molar-refractivity contribution in [1.29, 1.82) is 0 Å². The zero-order valence-electron chi connectivity index (χ0n) is 8.94. The van der Waals surface area contributed by atoms with E-state index in [0.29, 0.717) is 13.0 Å². The van der Waals surface area contributed by atoms with Crippen molar-refractivity contribution >= 4 is 5.97 Å². The average Bonchev–Trinajstić information content (AvgIpc) is 2.61. The van der Waals surface area contributed by atoms with E-state index in [1.165, 1.54) is 10.9 Å². The van der Waals surface area contributed by atoms with Crippen molar-refractivity contribution < 1.29 is 23.1 Å². The fourth-order valence-electron chi connectivity index (χ4n) is 1.31. The summed E-state index contributed by atoms with van der Waals surface area (Å²) < 4.78 is 37.5. The van der Waals surface area contributed by atoms with Gasteiger partial charge in [0.25, 0.3) is 0 Å². The lowest BCUT2D eigenvalue weighted by Crippen LogP contribution is -2.12. The number of aliphatic carboxylic acids is 1. The maximum absolute atomic E-state index is 12.0. The van der Waals surface area contributed by atoms with Crippen LogP contribution in [0.2, 0.25) is 0 Å². The first-order chi connectivity index (χ1) is 7.88. The summed E-state index contributed by atoms with van der Waals surface area (Å²) in [5.41, 5.74) is 0. The molecule has 0 amide bonds. The van der Waals surface area contributed by atoms with Gasteiger partial charge < -0.3 is 9.67 Å². The number of carboxylic acids is 1. The number of hydrogen-bond acceptors (Lipinski definition) is 3. The minimum Gasteiger partial charge on any atom is -0.481 e. The van der Waals surface area contributed by atoms with Crippen LogP contribution in [-0.4, -0.2) is 32.0 Å². The second-order valence-corrected chi connectivity index (χ2v) is 3.55. The van der Waals surface area contributed by atoms with Crippen LogP contribution in [0, 0.1) is 0 Å². The van der Waals surface area contributed by atoms with E-state index in [9.17, 15) is 18.0 Å². The molecule has 0 atom stereocenters. The SMILES string of the molecule is O=C(O)CCCn1cnnc1CCC(F)(F)F. The summed E-state index contributed by atoms with van der Waals surface area (Å²) in [6, 6.07) is 0. The molecule has 1 heterocycles. The number of aryl methyl sites for hydroxylation is 2. The van der Waals surface area contributed by atoms with Gasteiger partial charge in [0.1, 0.15) is 12.2 Å². The largest absolute Gasteiger partial charge is 0.481 e. The predicted molar refractivity (Wildman–Crippen MR) is 51.3 cm³/mol. The number of carbonyl (C=O) groups is 1. The van der Waals surface area contributed by atoms with E-state index < -0.39 is 18.6 Å². The van der Waals surface area contributed by atoms with Gasteiger partial charge in [-0.2, -0.15) is 13.2 Å². The number of halogens is 3. The van der Waals surface area contributed by atoms with Crippen LogP contribution >= 0.6 is 0 Å². The molecule has 0 unspecified atom stereocenters. The zero-order chi connectivity index (χ0) is 12.9. The number of hydrogen-bond donors (Lipinski definition) is 1. The summed E-state index contributed by atoms with van der Waals surface area (Å²) in [6.45, 7) is 0.312. The molecule has 8 heteroatoms. The van der Waals surface area contributed by atoms with Gasteiger partial charge in [-0.3, -0.25) is 4.79 Å². The highest BCUT2D eigenvalue weighted by Gasteiger charge is 2.27. The smallest absolute Gasteiger partial charge is 0.389 e. The Hall–Kier alpha value is -1.60. The van der Waals surface area contributed by atoms with Gasteiger partial charge >= 0.3 is 12.1 Å². The number of carboxylic acid groups (broad SMARTS) is 1. The molecule has 0 saturated carbocycles. The maximum Gasteiger partial charge on any atom is 0.389 e. The molecule has 0 spiro atoms. The molecule has 1 aromatic heterocycles. The average molecular weight is 251 g/mol.